The molecule has 0 rings (SSSR count). The maximum absolute atomic E-state index is 3.31. The van der Waals surface area contributed by atoms with Crippen LogP contribution in [0.5, 0.6) is 0 Å². The molecule has 0 bridgehead atoms. The molecule has 0 amide bonds. The molecular weight excluding hydrogens is 184 g/mol. The molecule has 0 aromatic heterocycles. The van der Waals surface area contributed by atoms with Crippen molar-refractivity contribution in [1.82, 2.24) is 10.2 Å². The summed E-state index contributed by atoms with van der Waals surface area (Å²) in [5.41, 5.74) is 0.409. The summed E-state index contributed by atoms with van der Waals surface area (Å²) in [6.07, 6.45) is 3.75. The van der Waals surface area contributed by atoms with E-state index in [-0.39, 0.29) is 0 Å². The van der Waals surface area contributed by atoms with E-state index in [1.807, 2.05) is 7.05 Å². The van der Waals surface area contributed by atoms with Crippen molar-refractivity contribution in [2.75, 3.05) is 27.2 Å². The van der Waals surface area contributed by atoms with Crippen LogP contribution in [-0.2, 0) is 0 Å². The molecule has 0 aromatic rings. The summed E-state index contributed by atoms with van der Waals surface area (Å²) >= 11 is 0. The van der Waals surface area contributed by atoms with E-state index in [9.17, 15) is 0 Å². The average Bonchev–Trinajstić information content (AvgIpc) is 2.20. The molecule has 1 atom stereocenters. The second-order valence-electron chi connectivity index (χ2n) is 5.08. The Labute approximate surface area is 96.4 Å². The fourth-order valence-electron chi connectivity index (χ4n) is 2.36. The van der Waals surface area contributed by atoms with Gasteiger partial charge < -0.3 is 10.2 Å². The van der Waals surface area contributed by atoms with Gasteiger partial charge in [0, 0.05) is 19.1 Å². The molecule has 0 aliphatic carbocycles. The van der Waals surface area contributed by atoms with E-state index < -0.39 is 0 Å². The third kappa shape index (κ3) is 4.98. The van der Waals surface area contributed by atoms with Crippen molar-refractivity contribution < 1.29 is 0 Å². The van der Waals surface area contributed by atoms with E-state index >= 15 is 0 Å². The number of nitrogens with zero attached hydrogens (tertiary/aromatic N) is 1. The Bertz CT molecular complexity index is 155. The predicted molar refractivity (Wildman–Crippen MR) is 69.3 cm³/mol. The van der Waals surface area contributed by atoms with Crippen molar-refractivity contribution in [2.45, 2.75) is 53.0 Å². The highest BCUT2D eigenvalue weighted by atomic mass is 15.1. The predicted octanol–water partition coefficient (Wildman–Crippen LogP) is 2.74. The van der Waals surface area contributed by atoms with Gasteiger partial charge in [0.1, 0.15) is 0 Å². The van der Waals surface area contributed by atoms with Gasteiger partial charge >= 0.3 is 0 Å². The van der Waals surface area contributed by atoms with Gasteiger partial charge in [-0.25, -0.2) is 0 Å². The Kier molecular flexibility index (Phi) is 7.20. The first kappa shape index (κ1) is 14.9. The van der Waals surface area contributed by atoms with Crippen LogP contribution in [0.3, 0.4) is 0 Å². The maximum Gasteiger partial charge on any atom is 0.00872 e. The van der Waals surface area contributed by atoms with Crippen molar-refractivity contribution >= 4 is 0 Å². The zero-order valence-electron chi connectivity index (χ0n) is 11.6. The molecule has 0 heterocycles. The zero-order valence-corrected chi connectivity index (χ0v) is 11.6. The van der Waals surface area contributed by atoms with Gasteiger partial charge in [-0.2, -0.15) is 0 Å². The van der Waals surface area contributed by atoms with Crippen molar-refractivity contribution in [2.24, 2.45) is 5.41 Å². The van der Waals surface area contributed by atoms with Gasteiger partial charge in [0.25, 0.3) is 0 Å². The van der Waals surface area contributed by atoms with Crippen molar-refractivity contribution in [3.8, 4) is 0 Å². The Morgan fingerprint density at radius 2 is 1.73 bits per heavy atom. The van der Waals surface area contributed by atoms with E-state index in [4.69, 9.17) is 0 Å². The first-order valence-corrected chi connectivity index (χ1v) is 6.37. The van der Waals surface area contributed by atoms with E-state index in [0.717, 1.165) is 12.6 Å². The first-order valence-electron chi connectivity index (χ1n) is 6.37. The third-order valence-electron chi connectivity index (χ3n) is 3.65. The summed E-state index contributed by atoms with van der Waals surface area (Å²) in [4.78, 5) is 2.53. The fourth-order valence-corrected chi connectivity index (χ4v) is 2.36. The molecule has 1 unspecified atom stereocenters. The molecule has 2 heteroatoms. The molecule has 1 N–H and O–H groups in total. The molecule has 15 heavy (non-hydrogen) atoms. The van der Waals surface area contributed by atoms with Gasteiger partial charge in [-0.3, -0.25) is 0 Å². The Balaban J connectivity index is 4.27. The lowest BCUT2D eigenvalue weighted by atomic mass is 9.86. The number of nitrogens with one attached hydrogen (secondary N) is 1. The summed E-state index contributed by atoms with van der Waals surface area (Å²) in [5.74, 6) is 0. The van der Waals surface area contributed by atoms with E-state index in [1.54, 1.807) is 0 Å². The lowest BCUT2D eigenvalue weighted by molar-refractivity contribution is 0.136. The topological polar surface area (TPSA) is 15.3 Å². The van der Waals surface area contributed by atoms with Crippen LogP contribution < -0.4 is 5.32 Å². The smallest absolute Gasteiger partial charge is 0.00872 e. The zero-order chi connectivity index (χ0) is 11.9. The minimum Gasteiger partial charge on any atom is -0.319 e. The van der Waals surface area contributed by atoms with Crippen LogP contribution in [-0.4, -0.2) is 38.1 Å². The molecular formula is C13H30N2. The highest BCUT2D eigenvalue weighted by Crippen LogP contribution is 2.23. The average molecular weight is 214 g/mol. The number of hydrogen-bond donors (Lipinski definition) is 1. The van der Waals surface area contributed by atoms with E-state index in [2.05, 4.69) is 45.0 Å². The van der Waals surface area contributed by atoms with Gasteiger partial charge in [0.2, 0.25) is 0 Å². The quantitative estimate of drug-likeness (QED) is 0.668. The summed E-state index contributed by atoms with van der Waals surface area (Å²) in [6, 6.07) is 0.743. The van der Waals surface area contributed by atoms with E-state index in [1.165, 1.54) is 25.8 Å². The Hall–Kier alpha value is -0.0800. The molecule has 0 aromatic carbocycles. The molecule has 0 saturated heterocycles. The standard InChI is InChI=1S/C13H30N2/c1-7-12(8-2)15(6)11-13(4,9-3)10-14-5/h12,14H,7-11H2,1-6H3. The van der Waals surface area contributed by atoms with Gasteiger partial charge in [0.05, 0.1) is 0 Å². The lowest BCUT2D eigenvalue weighted by Crippen LogP contribution is -2.43. The first-order chi connectivity index (χ1) is 7.02. The third-order valence-corrected chi connectivity index (χ3v) is 3.65. The second-order valence-corrected chi connectivity index (χ2v) is 5.08. The summed E-state index contributed by atoms with van der Waals surface area (Å²) in [5, 5.41) is 3.31. The largest absolute Gasteiger partial charge is 0.319 e. The number of rotatable bonds is 8. The highest BCUT2D eigenvalue weighted by molar-refractivity contribution is 4.80. The summed E-state index contributed by atoms with van der Waals surface area (Å²) in [7, 11) is 4.31. The fraction of sp³-hybridized carbons (Fsp3) is 1.00. The monoisotopic (exact) mass is 214 g/mol. The van der Waals surface area contributed by atoms with Gasteiger partial charge in [-0.15, -0.1) is 0 Å². The van der Waals surface area contributed by atoms with Crippen molar-refractivity contribution in [1.29, 1.82) is 0 Å². The van der Waals surface area contributed by atoms with Crippen LogP contribution in [0.15, 0.2) is 0 Å². The molecule has 0 aliphatic heterocycles. The number of hydrogen-bond acceptors (Lipinski definition) is 2. The van der Waals surface area contributed by atoms with Crippen molar-refractivity contribution in [3.05, 3.63) is 0 Å². The minimum atomic E-state index is 0.409. The van der Waals surface area contributed by atoms with Crippen LogP contribution >= 0.6 is 0 Å². The maximum atomic E-state index is 3.31. The normalized spacial score (nSPS) is 16.0. The molecule has 0 fully saturated rings. The molecule has 2 nitrogen and oxygen atoms in total. The molecule has 0 aliphatic rings. The van der Waals surface area contributed by atoms with Crippen LogP contribution in [0.25, 0.3) is 0 Å². The van der Waals surface area contributed by atoms with Crippen LogP contribution in [0.4, 0.5) is 0 Å². The molecule has 0 radical (unpaired) electrons. The van der Waals surface area contributed by atoms with E-state index in [0.29, 0.717) is 5.41 Å². The van der Waals surface area contributed by atoms with Crippen LogP contribution in [0, 0.1) is 5.41 Å². The van der Waals surface area contributed by atoms with Gasteiger partial charge in [-0.05, 0) is 38.8 Å². The SMILES string of the molecule is CCC(CC)N(C)CC(C)(CC)CNC. The Morgan fingerprint density at radius 1 is 1.20 bits per heavy atom. The van der Waals surface area contributed by atoms with Crippen molar-refractivity contribution in [3.63, 3.8) is 0 Å². The second kappa shape index (κ2) is 7.24. The molecule has 0 saturated carbocycles. The van der Waals surface area contributed by atoms with Gasteiger partial charge in [0.15, 0.2) is 0 Å². The summed E-state index contributed by atoms with van der Waals surface area (Å²) < 4.78 is 0. The molecule has 92 valence electrons. The van der Waals surface area contributed by atoms with Crippen LogP contribution in [0.1, 0.15) is 47.0 Å². The summed E-state index contributed by atoms with van der Waals surface area (Å²) in [6.45, 7) is 11.5. The highest BCUT2D eigenvalue weighted by Gasteiger charge is 2.25. The van der Waals surface area contributed by atoms with Crippen LogP contribution in [0.2, 0.25) is 0 Å². The minimum absolute atomic E-state index is 0.409. The Morgan fingerprint density at radius 3 is 2.07 bits per heavy atom. The van der Waals surface area contributed by atoms with Gasteiger partial charge in [-0.1, -0.05) is 27.7 Å². The lowest BCUT2D eigenvalue weighted by Gasteiger charge is -2.36. The molecule has 0 spiro atoms.